The van der Waals surface area contributed by atoms with E-state index in [1.54, 1.807) is 7.05 Å². The molecular weight excluding hydrogens is 317 g/mol. The summed E-state index contributed by atoms with van der Waals surface area (Å²) in [5.41, 5.74) is 0. The van der Waals surface area contributed by atoms with Crippen molar-refractivity contribution in [2.75, 3.05) is 20.1 Å². The van der Waals surface area contributed by atoms with Crippen LogP contribution in [0, 0.1) is 17.5 Å². The number of hydrogen-bond donors (Lipinski definition) is 1. The Morgan fingerprint density at radius 3 is 2.45 bits per heavy atom. The number of likely N-dealkylation sites (N-methyl/N-ethyl adjacent to an activating group) is 1. The van der Waals surface area contributed by atoms with Crippen LogP contribution in [0.1, 0.15) is 6.42 Å². The SMILES string of the molecule is CNC1CCN(S(=O)(=O)c2ccc(F)c(F)c2F)C1.Cl. The summed E-state index contributed by atoms with van der Waals surface area (Å²) in [5, 5.41) is 2.92. The van der Waals surface area contributed by atoms with Gasteiger partial charge in [-0.25, -0.2) is 21.6 Å². The number of nitrogens with one attached hydrogen (secondary N) is 1. The van der Waals surface area contributed by atoms with Gasteiger partial charge < -0.3 is 5.32 Å². The summed E-state index contributed by atoms with van der Waals surface area (Å²) in [5.74, 6) is -4.86. The van der Waals surface area contributed by atoms with E-state index < -0.39 is 32.4 Å². The van der Waals surface area contributed by atoms with E-state index in [0.29, 0.717) is 12.5 Å². The molecule has 0 saturated carbocycles. The van der Waals surface area contributed by atoms with Gasteiger partial charge >= 0.3 is 0 Å². The zero-order valence-electron chi connectivity index (χ0n) is 10.6. The van der Waals surface area contributed by atoms with Gasteiger partial charge in [-0.3, -0.25) is 0 Å². The van der Waals surface area contributed by atoms with Crippen molar-refractivity contribution >= 4 is 22.4 Å². The molecule has 114 valence electrons. The van der Waals surface area contributed by atoms with E-state index in [4.69, 9.17) is 0 Å². The van der Waals surface area contributed by atoms with Gasteiger partial charge in [0.2, 0.25) is 10.0 Å². The lowest BCUT2D eigenvalue weighted by molar-refractivity contribution is 0.421. The van der Waals surface area contributed by atoms with Crippen LogP contribution in [0.4, 0.5) is 13.2 Å². The van der Waals surface area contributed by atoms with E-state index in [1.165, 1.54) is 0 Å². The Morgan fingerprint density at radius 2 is 1.90 bits per heavy atom. The van der Waals surface area contributed by atoms with E-state index in [-0.39, 0.29) is 31.5 Å². The summed E-state index contributed by atoms with van der Waals surface area (Å²) in [6, 6.07) is 1.33. The lowest BCUT2D eigenvalue weighted by atomic mass is 10.3. The molecule has 0 amide bonds. The zero-order chi connectivity index (χ0) is 14.2. The Balaban J connectivity index is 0.00000200. The van der Waals surface area contributed by atoms with Crippen molar-refractivity contribution in [1.29, 1.82) is 0 Å². The Kier molecular flexibility index (Phi) is 5.42. The summed E-state index contributed by atoms with van der Waals surface area (Å²) in [7, 11) is -2.45. The Bertz CT molecular complexity index is 598. The molecule has 1 aromatic rings. The van der Waals surface area contributed by atoms with Crippen LogP contribution in [0.5, 0.6) is 0 Å². The highest BCUT2D eigenvalue weighted by molar-refractivity contribution is 7.89. The molecule has 0 radical (unpaired) electrons. The van der Waals surface area contributed by atoms with Gasteiger partial charge in [0, 0.05) is 19.1 Å². The fraction of sp³-hybridized carbons (Fsp3) is 0.455. The van der Waals surface area contributed by atoms with Crippen molar-refractivity contribution in [3.63, 3.8) is 0 Å². The standard InChI is InChI=1S/C11H13F3N2O2S.ClH/c1-15-7-4-5-16(6-7)19(17,18)9-3-2-8(12)10(13)11(9)14;/h2-3,7,15H,4-6H2,1H3;1H. The molecule has 0 aromatic heterocycles. The first kappa shape index (κ1) is 17.2. The lowest BCUT2D eigenvalue weighted by Gasteiger charge is -2.17. The van der Waals surface area contributed by atoms with Crippen molar-refractivity contribution in [1.82, 2.24) is 9.62 Å². The minimum atomic E-state index is -4.14. The molecule has 0 bridgehead atoms. The van der Waals surface area contributed by atoms with Gasteiger partial charge in [-0.2, -0.15) is 4.31 Å². The van der Waals surface area contributed by atoms with Crippen LogP contribution >= 0.6 is 12.4 Å². The zero-order valence-corrected chi connectivity index (χ0v) is 12.2. The second-order valence-corrected chi connectivity index (χ2v) is 6.22. The largest absolute Gasteiger partial charge is 0.316 e. The molecule has 0 spiro atoms. The Labute approximate surface area is 121 Å². The summed E-state index contributed by atoms with van der Waals surface area (Å²) < 4.78 is 64.8. The van der Waals surface area contributed by atoms with Crippen molar-refractivity contribution in [2.45, 2.75) is 17.4 Å². The summed E-state index contributed by atoms with van der Waals surface area (Å²) in [6.07, 6.45) is 0.584. The third-order valence-corrected chi connectivity index (χ3v) is 5.06. The highest BCUT2D eigenvalue weighted by atomic mass is 35.5. The topological polar surface area (TPSA) is 49.4 Å². The molecule has 1 aliphatic heterocycles. The fourth-order valence-electron chi connectivity index (χ4n) is 2.03. The lowest BCUT2D eigenvalue weighted by Crippen LogP contribution is -2.34. The van der Waals surface area contributed by atoms with E-state index in [1.807, 2.05) is 0 Å². The van der Waals surface area contributed by atoms with Crippen LogP contribution in [0.25, 0.3) is 0 Å². The van der Waals surface area contributed by atoms with E-state index in [9.17, 15) is 21.6 Å². The molecule has 20 heavy (non-hydrogen) atoms. The van der Waals surface area contributed by atoms with E-state index >= 15 is 0 Å². The van der Waals surface area contributed by atoms with Crippen LogP contribution in [-0.4, -0.2) is 38.9 Å². The molecule has 1 aliphatic rings. The van der Waals surface area contributed by atoms with Crippen LogP contribution < -0.4 is 5.32 Å². The van der Waals surface area contributed by atoms with Gasteiger partial charge in [0.15, 0.2) is 17.5 Å². The Hall–Kier alpha value is -0.830. The maximum Gasteiger partial charge on any atom is 0.246 e. The van der Waals surface area contributed by atoms with Crippen molar-refractivity contribution in [2.24, 2.45) is 0 Å². The molecule has 4 nitrogen and oxygen atoms in total. The van der Waals surface area contributed by atoms with Gasteiger partial charge in [0.25, 0.3) is 0 Å². The van der Waals surface area contributed by atoms with Crippen molar-refractivity contribution in [3.8, 4) is 0 Å². The third kappa shape index (κ3) is 2.93. The maximum absolute atomic E-state index is 13.6. The third-order valence-electron chi connectivity index (χ3n) is 3.18. The fourth-order valence-corrected chi connectivity index (χ4v) is 3.58. The first-order chi connectivity index (χ1) is 8.87. The van der Waals surface area contributed by atoms with Crippen LogP contribution in [0.3, 0.4) is 0 Å². The maximum atomic E-state index is 13.6. The number of nitrogens with zero attached hydrogens (tertiary/aromatic N) is 1. The normalized spacial score (nSPS) is 19.9. The second kappa shape index (κ2) is 6.30. The number of sulfonamides is 1. The quantitative estimate of drug-likeness (QED) is 0.855. The monoisotopic (exact) mass is 330 g/mol. The van der Waals surface area contributed by atoms with Gasteiger partial charge in [-0.15, -0.1) is 12.4 Å². The van der Waals surface area contributed by atoms with Crippen molar-refractivity contribution < 1.29 is 21.6 Å². The molecule has 1 aromatic carbocycles. The molecular formula is C11H14ClF3N2O2S. The predicted octanol–water partition coefficient (Wildman–Crippen LogP) is 1.51. The molecule has 2 rings (SSSR count). The number of halogens is 4. The molecule has 9 heteroatoms. The summed E-state index contributed by atoms with van der Waals surface area (Å²) in [4.78, 5) is -0.830. The number of benzene rings is 1. The van der Waals surface area contributed by atoms with E-state index in [2.05, 4.69) is 5.32 Å². The highest BCUT2D eigenvalue weighted by Crippen LogP contribution is 2.25. The molecule has 1 saturated heterocycles. The van der Waals surface area contributed by atoms with Crippen molar-refractivity contribution in [3.05, 3.63) is 29.6 Å². The minimum Gasteiger partial charge on any atom is -0.316 e. The highest BCUT2D eigenvalue weighted by Gasteiger charge is 2.34. The Morgan fingerprint density at radius 1 is 1.25 bits per heavy atom. The van der Waals surface area contributed by atoms with Crippen LogP contribution in [0.2, 0.25) is 0 Å². The average molecular weight is 331 g/mol. The first-order valence-electron chi connectivity index (χ1n) is 5.69. The molecule has 1 heterocycles. The minimum absolute atomic E-state index is 0. The van der Waals surface area contributed by atoms with Crippen LogP contribution in [-0.2, 0) is 10.0 Å². The summed E-state index contributed by atoms with van der Waals surface area (Å²) in [6.45, 7) is 0.392. The van der Waals surface area contributed by atoms with Gasteiger partial charge in [-0.05, 0) is 25.6 Å². The molecule has 1 unspecified atom stereocenters. The second-order valence-electron chi connectivity index (χ2n) is 4.31. The van der Waals surface area contributed by atoms with Gasteiger partial charge in [-0.1, -0.05) is 0 Å². The van der Waals surface area contributed by atoms with Gasteiger partial charge in [0.1, 0.15) is 4.90 Å². The average Bonchev–Trinajstić information content (AvgIpc) is 2.85. The van der Waals surface area contributed by atoms with Crippen LogP contribution in [0.15, 0.2) is 17.0 Å². The molecule has 0 aliphatic carbocycles. The first-order valence-corrected chi connectivity index (χ1v) is 7.13. The summed E-state index contributed by atoms with van der Waals surface area (Å²) >= 11 is 0. The van der Waals surface area contributed by atoms with E-state index in [0.717, 1.165) is 10.4 Å². The molecule has 1 fully saturated rings. The number of rotatable bonds is 3. The predicted molar refractivity (Wildman–Crippen MR) is 69.8 cm³/mol. The smallest absolute Gasteiger partial charge is 0.246 e. The number of hydrogen-bond acceptors (Lipinski definition) is 3. The molecule has 1 N–H and O–H groups in total. The van der Waals surface area contributed by atoms with Gasteiger partial charge in [0.05, 0.1) is 0 Å². The molecule has 1 atom stereocenters.